The predicted octanol–water partition coefficient (Wildman–Crippen LogP) is 3.16. The van der Waals surface area contributed by atoms with E-state index in [9.17, 15) is 4.79 Å². The molecule has 2 aliphatic heterocycles. The van der Waals surface area contributed by atoms with Crippen molar-refractivity contribution >= 4 is 5.91 Å². The first-order chi connectivity index (χ1) is 8.98. The van der Waals surface area contributed by atoms with Crippen LogP contribution in [-0.2, 0) is 4.79 Å². The van der Waals surface area contributed by atoms with Crippen molar-refractivity contribution in [3.05, 3.63) is 29.8 Å². The molecule has 0 radical (unpaired) electrons. The van der Waals surface area contributed by atoms with E-state index in [1.807, 2.05) is 39.0 Å². The number of hydrogen-bond donors (Lipinski definition) is 0. The van der Waals surface area contributed by atoms with Gasteiger partial charge in [0.05, 0.1) is 12.1 Å². The molecule has 3 heteroatoms. The van der Waals surface area contributed by atoms with Gasteiger partial charge in [-0.1, -0.05) is 39.0 Å². The van der Waals surface area contributed by atoms with E-state index >= 15 is 0 Å². The van der Waals surface area contributed by atoms with Crippen LogP contribution in [0.15, 0.2) is 24.3 Å². The van der Waals surface area contributed by atoms with Gasteiger partial charge in [-0.05, 0) is 18.9 Å². The standard InChI is InChI=1S/C16H21NO2/c1-16(2,3)15(18)17-11-8-9-13(17)12-6-4-5-7-14(12)19-10-11/h4-7,11,13H,8-10H2,1-3H3. The van der Waals surface area contributed by atoms with Crippen LogP contribution in [0, 0.1) is 5.41 Å². The molecule has 2 heterocycles. The predicted molar refractivity (Wildman–Crippen MR) is 74.0 cm³/mol. The second kappa shape index (κ2) is 4.26. The molecule has 1 fully saturated rings. The van der Waals surface area contributed by atoms with Gasteiger partial charge in [0.15, 0.2) is 0 Å². The van der Waals surface area contributed by atoms with Gasteiger partial charge in [-0.2, -0.15) is 0 Å². The fourth-order valence-electron chi connectivity index (χ4n) is 3.12. The summed E-state index contributed by atoms with van der Waals surface area (Å²) in [5, 5.41) is 0. The van der Waals surface area contributed by atoms with E-state index in [4.69, 9.17) is 4.74 Å². The fourth-order valence-corrected chi connectivity index (χ4v) is 3.12. The summed E-state index contributed by atoms with van der Waals surface area (Å²) in [5.74, 6) is 1.18. The second-order valence-corrected chi connectivity index (χ2v) is 6.56. The molecule has 1 aromatic rings. The van der Waals surface area contributed by atoms with E-state index in [2.05, 4.69) is 11.0 Å². The molecule has 102 valence electrons. The highest BCUT2D eigenvalue weighted by atomic mass is 16.5. The van der Waals surface area contributed by atoms with Crippen LogP contribution >= 0.6 is 0 Å². The van der Waals surface area contributed by atoms with Crippen LogP contribution in [0.2, 0.25) is 0 Å². The largest absolute Gasteiger partial charge is 0.491 e. The fraction of sp³-hybridized carbons (Fsp3) is 0.562. The molecule has 2 bridgehead atoms. The van der Waals surface area contributed by atoms with Gasteiger partial charge in [0.1, 0.15) is 12.4 Å². The second-order valence-electron chi connectivity index (χ2n) is 6.56. The van der Waals surface area contributed by atoms with Gasteiger partial charge in [-0.15, -0.1) is 0 Å². The van der Waals surface area contributed by atoms with Crippen molar-refractivity contribution in [2.45, 2.75) is 45.7 Å². The van der Waals surface area contributed by atoms with Crippen molar-refractivity contribution in [3.63, 3.8) is 0 Å². The first kappa shape index (κ1) is 12.5. The van der Waals surface area contributed by atoms with E-state index in [1.165, 1.54) is 5.56 Å². The Bertz CT molecular complexity index is 504. The molecule has 1 amide bonds. The topological polar surface area (TPSA) is 29.5 Å². The zero-order valence-corrected chi connectivity index (χ0v) is 11.8. The maximum Gasteiger partial charge on any atom is 0.228 e. The van der Waals surface area contributed by atoms with Crippen LogP contribution in [0.5, 0.6) is 5.75 Å². The Morgan fingerprint density at radius 1 is 1.26 bits per heavy atom. The zero-order valence-electron chi connectivity index (χ0n) is 11.8. The Morgan fingerprint density at radius 2 is 2.00 bits per heavy atom. The number of hydrogen-bond acceptors (Lipinski definition) is 2. The van der Waals surface area contributed by atoms with Crippen LogP contribution in [-0.4, -0.2) is 23.5 Å². The van der Waals surface area contributed by atoms with Crippen molar-refractivity contribution in [1.82, 2.24) is 4.90 Å². The maximum atomic E-state index is 12.7. The Morgan fingerprint density at radius 3 is 2.74 bits per heavy atom. The van der Waals surface area contributed by atoms with Crippen LogP contribution in [0.3, 0.4) is 0 Å². The number of rotatable bonds is 0. The summed E-state index contributed by atoms with van der Waals surface area (Å²) >= 11 is 0. The Labute approximate surface area is 114 Å². The smallest absolute Gasteiger partial charge is 0.228 e. The Kier molecular flexibility index (Phi) is 2.80. The van der Waals surface area contributed by atoms with E-state index in [1.54, 1.807) is 0 Å². The number of benzene rings is 1. The monoisotopic (exact) mass is 259 g/mol. The first-order valence-corrected chi connectivity index (χ1v) is 7.03. The number of nitrogens with zero attached hydrogens (tertiary/aromatic N) is 1. The average Bonchev–Trinajstić information content (AvgIpc) is 2.69. The minimum atomic E-state index is -0.333. The van der Waals surface area contributed by atoms with Crippen molar-refractivity contribution in [1.29, 1.82) is 0 Å². The minimum Gasteiger partial charge on any atom is -0.491 e. The van der Waals surface area contributed by atoms with E-state index < -0.39 is 0 Å². The van der Waals surface area contributed by atoms with Crippen LogP contribution in [0.1, 0.15) is 45.2 Å². The molecule has 0 saturated carbocycles. The molecular formula is C16H21NO2. The molecule has 0 N–H and O–H groups in total. The molecule has 1 aromatic carbocycles. The van der Waals surface area contributed by atoms with E-state index in [-0.39, 0.29) is 23.4 Å². The third-order valence-electron chi connectivity index (χ3n) is 4.09. The summed E-state index contributed by atoms with van der Waals surface area (Å²) in [4.78, 5) is 14.8. The lowest BCUT2D eigenvalue weighted by atomic mass is 9.93. The highest BCUT2D eigenvalue weighted by molar-refractivity contribution is 5.82. The quantitative estimate of drug-likeness (QED) is 0.716. The van der Waals surface area contributed by atoms with Crippen molar-refractivity contribution in [2.75, 3.05) is 6.61 Å². The molecule has 0 aromatic heterocycles. The van der Waals surface area contributed by atoms with Crippen LogP contribution < -0.4 is 4.74 Å². The molecular weight excluding hydrogens is 238 g/mol. The molecule has 0 aliphatic carbocycles. The molecule has 2 unspecified atom stereocenters. The summed E-state index contributed by atoms with van der Waals surface area (Å²) in [6.45, 7) is 6.60. The van der Waals surface area contributed by atoms with Gasteiger partial charge >= 0.3 is 0 Å². The Hall–Kier alpha value is -1.51. The number of amides is 1. The summed E-state index contributed by atoms with van der Waals surface area (Å²) in [6, 6.07) is 8.54. The summed E-state index contributed by atoms with van der Waals surface area (Å²) in [6.07, 6.45) is 2.09. The van der Waals surface area contributed by atoms with Gasteiger partial charge in [0.25, 0.3) is 0 Å². The summed E-state index contributed by atoms with van der Waals surface area (Å²) < 4.78 is 5.88. The zero-order chi connectivity index (χ0) is 13.6. The number of ether oxygens (including phenoxy) is 1. The molecule has 0 spiro atoms. The lowest BCUT2D eigenvalue weighted by molar-refractivity contribution is -0.142. The van der Waals surface area contributed by atoms with Gasteiger partial charge in [-0.25, -0.2) is 0 Å². The first-order valence-electron chi connectivity index (χ1n) is 7.03. The van der Waals surface area contributed by atoms with Crippen molar-refractivity contribution < 1.29 is 9.53 Å². The number of carbonyl (C=O) groups excluding carboxylic acids is 1. The Balaban J connectivity index is 2.02. The third-order valence-corrected chi connectivity index (χ3v) is 4.09. The normalized spacial score (nSPS) is 25.5. The average molecular weight is 259 g/mol. The van der Waals surface area contributed by atoms with Crippen LogP contribution in [0.4, 0.5) is 0 Å². The van der Waals surface area contributed by atoms with E-state index in [0.717, 1.165) is 18.6 Å². The van der Waals surface area contributed by atoms with Crippen molar-refractivity contribution in [2.24, 2.45) is 5.41 Å². The van der Waals surface area contributed by atoms with Gasteiger partial charge in [-0.3, -0.25) is 4.79 Å². The SMILES string of the molecule is CC(C)(C)C(=O)N1C2CCC1c1ccccc1OC2. The maximum absolute atomic E-state index is 12.7. The molecule has 19 heavy (non-hydrogen) atoms. The molecule has 3 rings (SSSR count). The van der Waals surface area contributed by atoms with Gasteiger partial charge in [0.2, 0.25) is 5.91 Å². The molecule has 2 aliphatic rings. The highest BCUT2D eigenvalue weighted by Gasteiger charge is 2.44. The number of fused-ring (bicyclic) bond motifs is 4. The minimum absolute atomic E-state index is 0.190. The molecule has 1 saturated heterocycles. The number of carbonyl (C=O) groups is 1. The third kappa shape index (κ3) is 2.01. The van der Waals surface area contributed by atoms with Crippen LogP contribution in [0.25, 0.3) is 0 Å². The van der Waals surface area contributed by atoms with Crippen molar-refractivity contribution in [3.8, 4) is 5.75 Å². The lowest BCUT2D eigenvalue weighted by Crippen LogP contribution is -2.44. The highest BCUT2D eigenvalue weighted by Crippen LogP contribution is 2.44. The number of para-hydroxylation sites is 1. The molecule has 2 atom stereocenters. The molecule has 3 nitrogen and oxygen atoms in total. The summed E-state index contributed by atoms with van der Waals surface area (Å²) in [7, 11) is 0. The summed E-state index contributed by atoms with van der Waals surface area (Å²) in [5.41, 5.74) is 0.834. The lowest BCUT2D eigenvalue weighted by Gasteiger charge is -2.33. The van der Waals surface area contributed by atoms with E-state index in [0.29, 0.717) is 6.61 Å². The van der Waals surface area contributed by atoms with Gasteiger partial charge < -0.3 is 9.64 Å². The van der Waals surface area contributed by atoms with Gasteiger partial charge in [0, 0.05) is 11.0 Å².